The van der Waals surface area contributed by atoms with E-state index < -0.39 is 17.7 Å². The van der Waals surface area contributed by atoms with Gasteiger partial charge in [-0.2, -0.15) is 0 Å². The zero-order valence-electron chi connectivity index (χ0n) is 18.6. The van der Waals surface area contributed by atoms with Gasteiger partial charge in [0.25, 0.3) is 0 Å². The van der Waals surface area contributed by atoms with Crippen molar-refractivity contribution in [2.45, 2.75) is 18.9 Å². The summed E-state index contributed by atoms with van der Waals surface area (Å²) in [6.45, 7) is 1.53. The molecule has 5 nitrogen and oxygen atoms in total. The molecule has 2 heterocycles. The molecule has 3 aromatic rings. The number of hydrogen-bond acceptors (Lipinski definition) is 4. The summed E-state index contributed by atoms with van der Waals surface area (Å²) in [6.07, 6.45) is 3.01. The molecule has 2 aromatic carbocycles. The van der Waals surface area contributed by atoms with E-state index in [9.17, 15) is 18.0 Å². The Morgan fingerprint density at radius 3 is 2.47 bits per heavy atom. The minimum atomic E-state index is -0.683. The zero-order chi connectivity index (χ0) is 23.9. The van der Waals surface area contributed by atoms with Gasteiger partial charge >= 0.3 is 0 Å². The molecule has 1 aliphatic rings. The first-order chi connectivity index (χ1) is 16.5. The molecule has 0 radical (unpaired) electrons. The van der Waals surface area contributed by atoms with Crippen LogP contribution < -0.4 is 10.1 Å². The van der Waals surface area contributed by atoms with E-state index in [1.54, 1.807) is 29.3 Å². The van der Waals surface area contributed by atoms with Gasteiger partial charge in [0.15, 0.2) is 11.6 Å². The van der Waals surface area contributed by atoms with E-state index in [1.807, 2.05) is 12.1 Å². The number of carbonyl (C=O) groups is 1. The third-order valence-corrected chi connectivity index (χ3v) is 5.92. The van der Waals surface area contributed by atoms with Crippen LogP contribution in [0, 0.1) is 23.4 Å². The quantitative estimate of drug-likeness (QED) is 0.528. The van der Waals surface area contributed by atoms with Gasteiger partial charge in [-0.15, -0.1) is 0 Å². The lowest BCUT2D eigenvalue weighted by Crippen LogP contribution is -2.45. The van der Waals surface area contributed by atoms with Gasteiger partial charge in [0.05, 0.1) is 18.3 Å². The monoisotopic (exact) mass is 469 g/mol. The lowest BCUT2D eigenvalue weighted by molar-refractivity contribution is -0.138. The predicted molar refractivity (Wildman–Crippen MR) is 122 cm³/mol. The molecule has 1 atom stereocenters. The molecule has 178 valence electrons. The first kappa shape index (κ1) is 23.8. The Bertz CT molecular complexity index is 1090. The van der Waals surface area contributed by atoms with Crippen LogP contribution in [0.25, 0.3) is 0 Å². The highest BCUT2D eigenvalue weighted by molar-refractivity contribution is 5.80. The van der Waals surface area contributed by atoms with Gasteiger partial charge in [-0.25, -0.2) is 13.2 Å². The lowest BCUT2D eigenvalue weighted by atomic mass is 9.93. The molecule has 1 saturated heterocycles. The van der Waals surface area contributed by atoms with Crippen molar-refractivity contribution in [1.29, 1.82) is 0 Å². The average Bonchev–Trinajstić information content (AvgIpc) is 2.87. The Morgan fingerprint density at radius 1 is 1.03 bits per heavy atom. The van der Waals surface area contributed by atoms with Crippen LogP contribution in [-0.2, 0) is 4.79 Å². The number of pyridine rings is 1. The standard InChI is InChI=1S/C26H26F3N3O2/c27-20-6-4-18(5-7-20)25(23-3-1-2-12-31-23)32(26(33)19-10-13-30-14-11-19)15-16-34-24-17-21(28)8-9-22(24)29/h1-9,12,17,19,25,30H,10-11,13-16H2. The number of aromatic nitrogens is 1. The van der Waals surface area contributed by atoms with E-state index in [-0.39, 0.29) is 36.5 Å². The first-order valence-electron chi connectivity index (χ1n) is 11.3. The first-order valence-corrected chi connectivity index (χ1v) is 11.3. The highest BCUT2D eigenvalue weighted by Crippen LogP contribution is 2.30. The summed E-state index contributed by atoms with van der Waals surface area (Å²) in [5, 5.41) is 3.26. The van der Waals surface area contributed by atoms with Crippen molar-refractivity contribution in [3.63, 3.8) is 0 Å². The van der Waals surface area contributed by atoms with E-state index in [4.69, 9.17) is 4.74 Å². The molecule has 4 rings (SSSR count). The Kier molecular flexibility index (Phi) is 7.80. The van der Waals surface area contributed by atoms with Crippen molar-refractivity contribution in [2.75, 3.05) is 26.2 Å². The van der Waals surface area contributed by atoms with Crippen LogP contribution >= 0.6 is 0 Å². The van der Waals surface area contributed by atoms with Gasteiger partial charge in [0.2, 0.25) is 5.91 Å². The maximum absolute atomic E-state index is 14.0. The molecule has 0 spiro atoms. The van der Waals surface area contributed by atoms with Crippen molar-refractivity contribution in [2.24, 2.45) is 5.92 Å². The van der Waals surface area contributed by atoms with Crippen molar-refractivity contribution in [1.82, 2.24) is 15.2 Å². The third-order valence-electron chi connectivity index (χ3n) is 5.92. The largest absolute Gasteiger partial charge is 0.489 e. The fourth-order valence-corrected chi connectivity index (χ4v) is 4.20. The number of hydrogen-bond donors (Lipinski definition) is 1. The number of piperidine rings is 1. The number of ether oxygens (including phenoxy) is 1. The van der Waals surface area contributed by atoms with E-state index in [0.29, 0.717) is 24.1 Å². The molecule has 1 aliphatic heterocycles. The average molecular weight is 470 g/mol. The SMILES string of the molecule is O=C(C1CCNCC1)N(CCOc1cc(F)ccc1F)C(c1ccc(F)cc1)c1ccccn1. The minimum Gasteiger partial charge on any atom is -0.489 e. The second-order valence-electron chi connectivity index (χ2n) is 8.19. The lowest BCUT2D eigenvalue weighted by Gasteiger charge is -2.35. The van der Waals surface area contributed by atoms with Gasteiger partial charge in [-0.3, -0.25) is 9.78 Å². The normalized spacial score (nSPS) is 15.0. The molecule has 1 N–H and O–H groups in total. The molecule has 1 fully saturated rings. The van der Waals surface area contributed by atoms with Crippen LogP contribution in [0.2, 0.25) is 0 Å². The van der Waals surface area contributed by atoms with Gasteiger partial charge in [-0.05, 0) is 67.9 Å². The third kappa shape index (κ3) is 5.75. The van der Waals surface area contributed by atoms with Gasteiger partial charge in [0, 0.05) is 18.2 Å². The van der Waals surface area contributed by atoms with Crippen LogP contribution in [0.1, 0.15) is 30.1 Å². The van der Waals surface area contributed by atoms with E-state index in [0.717, 1.165) is 31.3 Å². The summed E-state index contributed by atoms with van der Waals surface area (Å²) < 4.78 is 46.8. The van der Waals surface area contributed by atoms with Gasteiger partial charge < -0.3 is 15.0 Å². The number of nitrogens with zero attached hydrogens (tertiary/aromatic N) is 2. The zero-order valence-corrected chi connectivity index (χ0v) is 18.6. The smallest absolute Gasteiger partial charge is 0.226 e. The maximum atomic E-state index is 14.0. The van der Waals surface area contributed by atoms with E-state index >= 15 is 0 Å². The number of benzene rings is 2. The fourth-order valence-electron chi connectivity index (χ4n) is 4.20. The van der Waals surface area contributed by atoms with Crippen molar-refractivity contribution in [3.8, 4) is 5.75 Å². The number of halogens is 3. The molecule has 1 amide bonds. The van der Waals surface area contributed by atoms with E-state index in [2.05, 4.69) is 10.3 Å². The van der Waals surface area contributed by atoms with E-state index in [1.165, 1.54) is 12.1 Å². The van der Waals surface area contributed by atoms with Crippen LogP contribution in [0.3, 0.4) is 0 Å². The van der Waals surface area contributed by atoms with Crippen molar-refractivity contribution < 1.29 is 22.7 Å². The molecule has 0 bridgehead atoms. The summed E-state index contributed by atoms with van der Waals surface area (Å²) in [6, 6.07) is 13.8. The molecule has 8 heteroatoms. The molecule has 1 unspecified atom stereocenters. The Balaban J connectivity index is 1.65. The molecule has 0 saturated carbocycles. The Labute approximate surface area is 196 Å². The van der Waals surface area contributed by atoms with Crippen LogP contribution in [0.5, 0.6) is 5.75 Å². The molecule has 0 aliphatic carbocycles. The van der Waals surface area contributed by atoms with Crippen molar-refractivity contribution >= 4 is 5.91 Å². The number of carbonyl (C=O) groups excluding carboxylic acids is 1. The van der Waals surface area contributed by atoms with Crippen LogP contribution in [-0.4, -0.2) is 42.0 Å². The second kappa shape index (κ2) is 11.2. The highest BCUT2D eigenvalue weighted by atomic mass is 19.1. The Morgan fingerprint density at radius 2 is 1.76 bits per heavy atom. The fraction of sp³-hybridized carbons (Fsp3) is 0.308. The van der Waals surface area contributed by atoms with Crippen LogP contribution in [0.4, 0.5) is 13.2 Å². The molecule has 34 heavy (non-hydrogen) atoms. The number of nitrogens with one attached hydrogen (secondary N) is 1. The summed E-state index contributed by atoms with van der Waals surface area (Å²) in [5.74, 6) is -2.17. The molecular formula is C26H26F3N3O2. The topological polar surface area (TPSA) is 54.5 Å². The minimum absolute atomic E-state index is 0.0540. The number of rotatable bonds is 8. The summed E-state index contributed by atoms with van der Waals surface area (Å²) >= 11 is 0. The summed E-state index contributed by atoms with van der Waals surface area (Å²) in [4.78, 5) is 19.8. The summed E-state index contributed by atoms with van der Waals surface area (Å²) in [5.41, 5.74) is 1.31. The maximum Gasteiger partial charge on any atom is 0.226 e. The highest BCUT2D eigenvalue weighted by Gasteiger charge is 2.33. The van der Waals surface area contributed by atoms with Crippen LogP contribution in [0.15, 0.2) is 66.9 Å². The summed E-state index contributed by atoms with van der Waals surface area (Å²) in [7, 11) is 0. The Hall–Kier alpha value is -3.39. The van der Waals surface area contributed by atoms with Gasteiger partial charge in [-0.1, -0.05) is 18.2 Å². The van der Waals surface area contributed by atoms with Crippen molar-refractivity contribution in [3.05, 3.63) is 95.6 Å². The molecular weight excluding hydrogens is 443 g/mol. The van der Waals surface area contributed by atoms with Gasteiger partial charge in [0.1, 0.15) is 18.2 Å². The second-order valence-corrected chi connectivity index (χ2v) is 8.19. The number of amides is 1. The molecule has 1 aromatic heterocycles. The predicted octanol–water partition coefficient (Wildman–Crippen LogP) is 4.50.